The van der Waals surface area contributed by atoms with Crippen LogP contribution in [0.1, 0.15) is 43.7 Å². The van der Waals surface area contributed by atoms with Crippen LogP contribution in [-0.4, -0.2) is 6.11 Å². The molecular weight excluding hydrogens is 559 g/mol. The van der Waals surface area contributed by atoms with Gasteiger partial charge in [-0.3, -0.25) is 0 Å². The maximum absolute atomic E-state index is 14.9. The van der Waals surface area contributed by atoms with Crippen LogP contribution in [-0.2, 0) is 0 Å². The molecule has 0 aromatic heterocycles. The Kier molecular flexibility index (Phi) is 8.86. The van der Waals surface area contributed by atoms with Crippen molar-refractivity contribution in [1.29, 1.82) is 0 Å². The highest BCUT2D eigenvalue weighted by molar-refractivity contribution is 5.67. The van der Waals surface area contributed by atoms with E-state index in [9.17, 15) is 39.5 Å². The fraction of sp³-hybridized carbons (Fsp3) is 0.226. The maximum Gasteiger partial charge on any atom is 0.407 e. The van der Waals surface area contributed by atoms with Gasteiger partial charge in [-0.15, -0.1) is 0 Å². The van der Waals surface area contributed by atoms with Gasteiger partial charge >= 0.3 is 6.11 Å². The lowest BCUT2D eigenvalue weighted by Gasteiger charge is -2.27. The van der Waals surface area contributed by atoms with Crippen molar-refractivity contribution in [3.05, 3.63) is 112 Å². The zero-order chi connectivity index (χ0) is 29.9. The number of alkyl halides is 2. The van der Waals surface area contributed by atoms with Gasteiger partial charge in [0.25, 0.3) is 0 Å². The predicted octanol–water partition coefficient (Wildman–Crippen LogP) is 9.55. The molecule has 1 aliphatic carbocycles. The summed E-state index contributed by atoms with van der Waals surface area (Å²) < 4.78 is 133. The summed E-state index contributed by atoms with van der Waals surface area (Å²) >= 11 is 0. The molecule has 0 N–H and O–H groups in total. The summed E-state index contributed by atoms with van der Waals surface area (Å²) in [6, 6.07) is 5.00. The van der Waals surface area contributed by atoms with Gasteiger partial charge in [0.15, 0.2) is 17.5 Å². The monoisotopic (exact) mass is 580 g/mol. The Morgan fingerprint density at radius 2 is 1.49 bits per heavy atom. The quantitative estimate of drug-likeness (QED) is 0.154. The Balaban J connectivity index is 1.54. The van der Waals surface area contributed by atoms with Crippen molar-refractivity contribution in [3.8, 4) is 28.7 Å². The Bertz CT molecular complexity index is 1550. The third-order valence-electron chi connectivity index (χ3n) is 6.35. The highest BCUT2D eigenvalue weighted by Crippen LogP contribution is 2.41. The van der Waals surface area contributed by atoms with Gasteiger partial charge < -0.3 is 4.74 Å². The van der Waals surface area contributed by atoms with Crippen LogP contribution in [0.3, 0.4) is 0 Å². The van der Waals surface area contributed by atoms with Crippen molar-refractivity contribution in [3.63, 3.8) is 0 Å². The Morgan fingerprint density at radius 1 is 0.829 bits per heavy atom. The van der Waals surface area contributed by atoms with Gasteiger partial charge in [0.05, 0.1) is 11.1 Å². The molecule has 0 spiro atoms. The first kappa shape index (κ1) is 29.8. The standard InChI is InChI=1S/C31H21F9O/c1-2-3-4-17-6-10-22(24(33)11-17)31(39,40)41-21-15-25(34)29(26(35)16-21)20-9-8-19(23(32)14-20)7-5-18-12-27(36)30(38)28(37)13-18/h6,8-9,11-16,22H,2-4,10H2,1H3. The van der Waals surface area contributed by atoms with Crippen molar-refractivity contribution < 1.29 is 44.3 Å². The largest absolute Gasteiger partial charge is 0.432 e. The van der Waals surface area contributed by atoms with E-state index in [0.717, 1.165) is 37.1 Å². The van der Waals surface area contributed by atoms with Crippen LogP contribution < -0.4 is 4.74 Å². The molecule has 1 nitrogen and oxygen atoms in total. The number of hydrogen-bond donors (Lipinski definition) is 0. The second-order valence-corrected chi connectivity index (χ2v) is 9.32. The van der Waals surface area contributed by atoms with E-state index >= 15 is 0 Å². The Hall–Kier alpha value is -4.13. The highest BCUT2D eigenvalue weighted by atomic mass is 19.3. The first-order valence-electron chi connectivity index (χ1n) is 12.5. The minimum atomic E-state index is -4.13. The fourth-order valence-electron chi connectivity index (χ4n) is 4.22. The van der Waals surface area contributed by atoms with Gasteiger partial charge in [-0.1, -0.05) is 37.3 Å². The molecule has 0 saturated heterocycles. The van der Waals surface area contributed by atoms with Crippen LogP contribution in [0.15, 0.2) is 66.0 Å². The molecular formula is C31H21F9O. The minimum absolute atomic E-state index is 0.286. The third-order valence-corrected chi connectivity index (χ3v) is 6.35. The molecule has 1 aliphatic rings. The van der Waals surface area contributed by atoms with E-state index in [4.69, 9.17) is 0 Å². The van der Waals surface area contributed by atoms with E-state index in [0.29, 0.717) is 36.3 Å². The van der Waals surface area contributed by atoms with E-state index < -0.39 is 64.1 Å². The van der Waals surface area contributed by atoms with Gasteiger partial charge in [0, 0.05) is 17.7 Å². The zero-order valence-corrected chi connectivity index (χ0v) is 21.4. The summed E-state index contributed by atoms with van der Waals surface area (Å²) in [7, 11) is 0. The van der Waals surface area contributed by atoms with E-state index in [2.05, 4.69) is 16.6 Å². The summed E-state index contributed by atoms with van der Waals surface area (Å²) in [5.74, 6) is -7.89. The normalized spacial score (nSPS) is 15.1. The molecule has 3 aromatic carbocycles. The van der Waals surface area contributed by atoms with Crippen LogP contribution in [0.5, 0.6) is 5.75 Å². The smallest absolute Gasteiger partial charge is 0.407 e. The lowest BCUT2D eigenvalue weighted by molar-refractivity contribution is -0.209. The average Bonchev–Trinajstić information content (AvgIpc) is 2.89. The van der Waals surface area contributed by atoms with Crippen molar-refractivity contribution in [2.75, 3.05) is 0 Å². The van der Waals surface area contributed by atoms with Crippen LogP contribution in [0.4, 0.5) is 39.5 Å². The van der Waals surface area contributed by atoms with Gasteiger partial charge in [-0.2, -0.15) is 8.78 Å². The molecule has 10 heteroatoms. The van der Waals surface area contributed by atoms with Crippen LogP contribution in [0, 0.1) is 52.7 Å². The van der Waals surface area contributed by atoms with Crippen molar-refractivity contribution >= 4 is 0 Å². The van der Waals surface area contributed by atoms with E-state index in [1.807, 2.05) is 6.92 Å². The second-order valence-electron chi connectivity index (χ2n) is 9.32. The van der Waals surface area contributed by atoms with Crippen molar-refractivity contribution in [2.45, 2.75) is 38.7 Å². The molecule has 0 heterocycles. The summed E-state index contributed by atoms with van der Waals surface area (Å²) in [5, 5.41) is 0. The lowest BCUT2D eigenvalue weighted by Crippen LogP contribution is -2.36. The molecule has 3 aromatic rings. The summed E-state index contributed by atoms with van der Waals surface area (Å²) in [4.78, 5) is 0. The van der Waals surface area contributed by atoms with Gasteiger partial charge in [0.1, 0.15) is 34.9 Å². The average molecular weight is 580 g/mol. The number of halogens is 9. The molecule has 0 amide bonds. The Labute approximate surface area is 230 Å². The number of allylic oxidation sites excluding steroid dienone is 3. The Morgan fingerprint density at radius 3 is 2.07 bits per heavy atom. The maximum atomic E-state index is 14.9. The fourth-order valence-corrected chi connectivity index (χ4v) is 4.22. The van der Waals surface area contributed by atoms with Gasteiger partial charge in [-0.25, -0.2) is 30.7 Å². The minimum Gasteiger partial charge on any atom is -0.432 e. The molecule has 0 saturated carbocycles. The van der Waals surface area contributed by atoms with Crippen LogP contribution in [0.25, 0.3) is 11.1 Å². The third kappa shape index (κ3) is 6.79. The summed E-state index contributed by atoms with van der Waals surface area (Å²) in [5.41, 5.74) is -1.08. The molecule has 0 fully saturated rings. The van der Waals surface area contributed by atoms with Crippen LogP contribution >= 0.6 is 0 Å². The SMILES string of the molecule is CCCCC1=CCC(C(F)(F)Oc2cc(F)c(-c3ccc(C#Cc4cc(F)c(F)c(F)c4)c(F)c3)c(F)c2)C(F)=C1. The van der Waals surface area contributed by atoms with Crippen molar-refractivity contribution in [1.82, 2.24) is 0 Å². The molecule has 1 atom stereocenters. The van der Waals surface area contributed by atoms with Crippen molar-refractivity contribution in [2.24, 2.45) is 5.92 Å². The van der Waals surface area contributed by atoms with E-state index in [1.165, 1.54) is 6.08 Å². The molecule has 214 valence electrons. The first-order chi connectivity index (χ1) is 19.4. The first-order valence-corrected chi connectivity index (χ1v) is 12.5. The predicted molar refractivity (Wildman–Crippen MR) is 135 cm³/mol. The summed E-state index contributed by atoms with van der Waals surface area (Å²) in [6.07, 6.45) is 0.136. The topological polar surface area (TPSA) is 9.23 Å². The molecule has 41 heavy (non-hydrogen) atoms. The summed E-state index contributed by atoms with van der Waals surface area (Å²) in [6.45, 7) is 1.93. The number of unbranched alkanes of at least 4 members (excludes halogenated alkanes) is 1. The highest BCUT2D eigenvalue weighted by Gasteiger charge is 2.46. The van der Waals surface area contributed by atoms with Gasteiger partial charge in [0.2, 0.25) is 0 Å². The lowest BCUT2D eigenvalue weighted by atomic mass is 9.92. The molecule has 0 radical (unpaired) electrons. The van der Waals surface area contributed by atoms with E-state index in [1.54, 1.807) is 0 Å². The molecule has 1 unspecified atom stereocenters. The number of hydrogen-bond acceptors (Lipinski definition) is 1. The zero-order valence-electron chi connectivity index (χ0n) is 21.4. The number of rotatable bonds is 7. The second kappa shape index (κ2) is 12.2. The van der Waals surface area contributed by atoms with Crippen LogP contribution in [0.2, 0.25) is 0 Å². The molecule has 0 bridgehead atoms. The van der Waals surface area contributed by atoms with E-state index in [-0.39, 0.29) is 23.1 Å². The molecule has 0 aliphatic heterocycles. The number of ether oxygens (including phenoxy) is 1. The molecule has 4 rings (SSSR count). The number of benzene rings is 3. The van der Waals surface area contributed by atoms with Gasteiger partial charge in [-0.05, 0) is 60.7 Å².